The predicted octanol–water partition coefficient (Wildman–Crippen LogP) is 5.17. The molecule has 5 nitrogen and oxygen atoms in total. The third-order valence-corrected chi connectivity index (χ3v) is 5.98. The topological polar surface area (TPSA) is 58.1 Å². The molecule has 0 bridgehead atoms. The first-order valence-corrected chi connectivity index (χ1v) is 10.6. The van der Waals surface area contributed by atoms with Crippen LogP contribution in [0.3, 0.4) is 0 Å². The molecule has 1 atom stereocenters. The molecule has 0 aliphatic carbocycles. The van der Waals surface area contributed by atoms with Crippen LogP contribution in [0.25, 0.3) is 0 Å². The maximum Gasteiger partial charge on any atom is 0.236 e. The Hall–Kier alpha value is -1.12. The summed E-state index contributed by atoms with van der Waals surface area (Å²) in [5.41, 5.74) is 0.942. The normalized spacial score (nSPS) is 12.5. The zero-order valence-corrected chi connectivity index (χ0v) is 18.2. The molecule has 0 fully saturated rings. The number of nitrogens with zero attached hydrogens (tertiary/aromatic N) is 3. The first-order valence-electron chi connectivity index (χ1n) is 8.13. The second-order valence-corrected chi connectivity index (χ2v) is 9.68. The van der Waals surface area contributed by atoms with Gasteiger partial charge in [0.15, 0.2) is 4.34 Å². The van der Waals surface area contributed by atoms with Crippen molar-refractivity contribution in [3.63, 3.8) is 0 Å². The van der Waals surface area contributed by atoms with Crippen molar-refractivity contribution in [1.29, 1.82) is 0 Å². The van der Waals surface area contributed by atoms with Gasteiger partial charge in [-0.2, -0.15) is 0 Å². The van der Waals surface area contributed by atoms with E-state index in [-0.39, 0.29) is 23.2 Å². The fourth-order valence-electron chi connectivity index (χ4n) is 2.51. The second kappa shape index (κ2) is 9.00. The molecule has 136 valence electrons. The van der Waals surface area contributed by atoms with E-state index >= 15 is 0 Å². The fraction of sp³-hybridized carbons (Fsp3) is 0.471. The van der Waals surface area contributed by atoms with Crippen molar-refractivity contribution in [2.24, 2.45) is 0 Å². The SMILES string of the molecule is CC(Sc1nnc(Nc2cccc(Br)c2)s1)C(=O)N(C(C)C)C(C)C. The minimum Gasteiger partial charge on any atom is -0.337 e. The first kappa shape index (κ1) is 20.2. The smallest absolute Gasteiger partial charge is 0.236 e. The van der Waals surface area contributed by atoms with Crippen molar-refractivity contribution in [3.05, 3.63) is 28.7 Å². The lowest BCUT2D eigenvalue weighted by molar-refractivity contribution is -0.133. The number of carbonyl (C=O) groups excluding carboxylic acids is 1. The molecule has 0 saturated heterocycles. The summed E-state index contributed by atoms with van der Waals surface area (Å²) < 4.78 is 1.78. The van der Waals surface area contributed by atoms with E-state index in [0.717, 1.165) is 14.5 Å². The van der Waals surface area contributed by atoms with Crippen molar-refractivity contribution < 1.29 is 4.79 Å². The van der Waals surface area contributed by atoms with Crippen LogP contribution in [0.1, 0.15) is 34.6 Å². The number of hydrogen-bond donors (Lipinski definition) is 1. The summed E-state index contributed by atoms with van der Waals surface area (Å²) in [5, 5.41) is 12.1. The van der Waals surface area contributed by atoms with E-state index < -0.39 is 0 Å². The van der Waals surface area contributed by atoms with Crippen LogP contribution in [0.15, 0.2) is 33.1 Å². The fourth-order valence-corrected chi connectivity index (χ4v) is 4.89. The molecule has 2 rings (SSSR count). The number of hydrogen-bond acceptors (Lipinski definition) is 6. The third-order valence-electron chi connectivity index (χ3n) is 3.47. The summed E-state index contributed by atoms with van der Waals surface area (Å²) in [6.45, 7) is 10.1. The standard InChI is InChI=1S/C17H23BrN4OS2/c1-10(2)22(11(3)4)15(23)12(5)24-17-21-20-16(25-17)19-14-8-6-7-13(18)9-14/h6-12H,1-5H3,(H,19,20). The highest BCUT2D eigenvalue weighted by Crippen LogP contribution is 2.32. The molecule has 1 N–H and O–H groups in total. The largest absolute Gasteiger partial charge is 0.337 e. The highest BCUT2D eigenvalue weighted by atomic mass is 79.9. The number of thioether (sulfide) groups is 1. The average Bonchev–Trinajstić information content (AvgIpc) is 2.93. The van der Waals surface area contributed by atoms with E-state index in [9.17, 15) is 4.79 Å². The van der Waals surface area contributed by atoms with Gasteiger partial charge in [-0.25, -0.2) is 0 Å². The quantitative estimate of drug-likeness (QED) is 0.599. The Morgan fingerprint density at radius 3 is 2.48 bits per heavy atom. The van der Waals surface area contributed by atoms with Crippen LogP contribution in [0.2, 0.25) is 0 Å². The van der Waals surface area contributed by atoms with Crippen LogP contribution < -0.4 is 5.32 Å². The molecule has 1 aromatic heterocycles. The lowest BCUT2D eigenvalue weighted by atomic mass is 10.2. The molecule has 0 aliphatic rings. The van der Waals surface area contributed by atoms with Crippen LogP contribution in [0.5, 0.6) is 0 Å². The molecule has 8 heteroatoms. The van der Waals surface area contributed by atoms with E-state index in [0.29, 0.717) is 5.13 Å². The van der Waals surface area contributed by atoms with Crippen molar-refractivity contribution >= 4 is 55.8 Å². The van der Waals surface area contributed by atoms with Gasteiger partial charge in [0.2, 0.25) is 11.0 Å². The Labute approximate surface area is 165 Å². The molecule has 0 saturated carbocycles. The molecular weight excluding hydrogens is 420 g/mol. The van der Waals surface area contributed by atoms with Gasteiger partial charge in [-0.15, -0.1) is 10.2 Å². The van der Waals surface area contributed by atoms with Gasteiger partial charge in [-0.1, -0.05) is 45.1 Å². The highest BCUT2D eigenvalue weighted by molar-refractivity contribution is 9.10. The van der Waals surface area contributed by atoms with Gasteiger partial charge in [-0.05, 0) is 52.8 Å². The Kier molecular flexibility index (Phi) is 7.27. The summed E-state index contributed by atoms with van der Waals surface area (Å²) in [4.78, 5) is 14.6. The Bertz CT molecular complexity index is 712. The van der Waals surface area contributed by atoms with Gasteiger partial charge in [0.25, 0.3) is 0 Å². The zero-order valence-electron chi connectivity index (χ0n) is 15.0. The second-order valence-electron chi connectivity index (χ2n) is 6.20. The number of halogens is 1. The average molecular weight is 443 g/mol. The predicted molar refractivity (Wildman–Crippen MR) is 110 cm³/mol. The maximum absolute atomic E-state index is 12.7. The third kappa shape index (κ3) is 5.69. The summed E-state index contributed by atoms with van der Waals surface area (Å²) in [6.07, 6.45) is 0. The molecule has 1 aromatic carbocycles. The molecule has 0 radical (unpaired) electrons. The Morgan fingerprint density at radius 2 is 1.88 bits per heavy atom. The van der Waals surface area contributed by atoms with Crippen molar-refractivity contribution in [2.45, 2.75) is 56.3 Å². The van der Waals surface area contributed by atoms with Crippen LogP contribution in [0, 0.1) is 0 Å². The van der Waals surface area contributed by atoms with E-state index in [1.165, 1.54) is 23.1 Å². The maximum atomic E-state index is 12.7. The summed E-state index contributed by atoms with van der Waals surface area (Å²) in [5.74, 6) is 0.131. The lowest BCUT2D eigenvalue weighted by Gasteiger charge is -2.32. The van der Waals surface area contributed by atoms with E-state index in [4.69, 9.17) is 0 Å². The Morgan fingerprint density at radius 1 is 1.20 bits per heavy atom. The summed E-state index contributed by atoms with van der Waals surface area (Å²) in [6, 6.07) is 8.22. The number of amides is 1. The Balaban J connectivity index is 2.01. The molecule has 0 aliphatic heterocycles. The number of benzene rings is 1. The number of rotatable bonds is 7. The highest BCUT2D eigenvalue weighted by Gasteiger charge is 2.26. The van der Waals surface area contributed by atoms with Gasteiger partial charge >= 0.3 is 0 Å². The zero-order chi connectivity index (χ0) is 18.6. The number of aromatic nitrogens is 2. The van der Waals surface area contributed by atoms with Crippen molar-refractivity contribution in [2.75, 3.05) is 5.32 Å². The minimum absolute atomic E-state index is 0.131. The first-order chi connectivity index (χ1) is 11.8. The molecular formula is C17H23BrN4OS2. The van der Waals surface area contributed by atoms with Gasteiger partial charge in [0.05, 0.1) is 5.25 Å². The van der Waals surface area contributed by atoms with Gasteiger partial charge in [-0.3, -0.25) is 4.79 Å². The molecule has 25 heavy (non-hydrogen) atoms. The van der Waals surface area contributed by atoms with Crippen molar-refractivity contribution in [1.82, 2.24) is 15.1 Å². The summed E-state index contributed by atoms with van der Waals surface area (Å²) >= 11 is 6.35. The van der Waals surface area contributed by atoms with Gasteiger partial charge in [0.1, 0.15) is 0 Å². The van der Waals surface area contributed by atoms with E-state index in [1.807, 2.05) is 63.8 Å². The minimum atomic E-state index is -0.198. The van der Waals surface area contributed by atoms with Crippen LogP contribution in [0.4, 0.5) is 10.8 Å². The van der Waals surface area contributed by atoms with E-state index in [2.05, 4.69) is 31.4 Å². The number of carbonyl (C=O) groups is 1. The van der Waals surface area contributed by atoms with E-state index in [1.54, 1.807) is 0 Å². The van der Waals surface area contributed by atoms with Crippen LogP contribution >= 0.6 is 39.0 Å². The molecule has 1 heterocycles. The number of anilines is 2. The lowest BCUT2D eigenvalue weighted by Crippen LogP contribution is -2.45. The molecule has 0 spiro atoms. The van der Waals surface area contributed by atoms with Gasteiger partial charge in [0, 0.05) is 22.2 Å². The molecule has 1 amide bonds. The molecule has 1 unspecified atom stereocenters. The number of nitrogens with one attached hydrogen (secondary N) is 1. The monoisotopic (exact) mass is 442 g/mol. The summed E-state index contributed by atoms with van der Waals surface area (Å²) in [7, 11) is 0. The molecule has 2 aromatic rings. The van der Waals surface area contributed by atoms with Crippen molar-refractivity contribution in [3.8, 4) is 0 Å². The van der Waals surface area contributed by atoms with Gasteiger partial charge < -0.3 is 10.2 Å². The van der Waals surface area contributed by atoms with Crippen LogP contribution in [-0.2, 0) is 4.79 Å². The van der Waals surface area contributed by atoms with Crippen LogP contribution in [-0.4, -0.2) is 38.3 Å².